The van der Waals surface area contributed by atoms with E-state index in [0.717, 1.165) is 5.75 Å². The molecule has 0 saturated heterocycles. The molecule has 2 amide bonds. The van der Waals surface area contributed by atoms with Gasteiger partial charge in [0, 0.05) is 32.5 Å². The predicted molar refractivity (Wildman–Crippen MR) is 121 cm³/mol. The van der Waals surface area contributed by atoms with Crippen molar-refractivity contribution in [3.05, 3.63) is 36.5 Å². The molecule has 0 bridgehead atoms. The highest BCUT2D eigenvalue weighted by Crippen LogP contribution is 2.27. The van der Waals surface area contributed by atoms with Gasteiger partial charge in [-0.25, -0.2) is 14.7 Å². The SMILES string of the molecule is CCOc1ccc(N(C(=O)NCCCOC)c2ccnc(NC(C)C(C)(C)O)n2)cc1. The molecule has 1 heterocycles. The summed E-state index contributed by atoms with van der Waals surface area (Å²) in [5, 5.41) is 16.2. The van der Waals surface area contributed by atoms with E-state index in [1.807, 2.05) is 13.8 Å². The third kappa shape index (κ3) is 7.37. The van der Waals surface area contributed by atoms with Crippen molar-refractivity contribution in [3.8, 4) is 5.75 Å². The van der Waals surface area contributed by atoms with Crippen LogP contribution in [0.25, 0.3) is 0 Å². The normalized spacial score (nSPS) is 12.2. The van der Waals surface area contributed by atoms with Crippen molar-refractivity contribution in [1.29, 1.82) is 0 Å². The second-order valence-corrected chi connectivity index (χ2v) is 7.60. The molecule has 0 saturated carbocycles. The molecule has 0 aliphatic carbocycles. The number of anilines is 3. The van der Waals surface area contributed by atoms with Crippen molar-refractivity contribution in [1.82, 2.24) is 15.3 Å². The molecule has 3 N–H and O–H groups in total. The van der Waals surface area contributed by atoms with Crippen LogP contribution in [0, 0.1) is 0 Å². The highest BCUT2D eigenvalue weighted by Gasteiger charge is 2.24. The van der Waals surface area contributed by atoms with Gasteiger partial charge in [0.05, 0.1) is 23.9 Å². The second-order valence-electron chi connectivity index (χ2n) is 7.60. The number of urea groups is 1. The lowest BCUT2D eigenvalue weighted by atomic mass is 10.0. The van der Waals surface area contributed by atoms with E-state index in [9.17, 15) is 9.90 Å². The van der Waals surface area contributed by atoms with Crippen LogP contribution in [0.1, 0.15) is 34.1 Å². The largest absolute Gasteiger partial charge is 0.494 e. The smallest absolute Gasteiger partial charge is 0.327 e. The van der Waals surface area contributed by atoms with E-state index in [1.165, 1.54) is 4.90 Å². The number of benzene rings is 1. The van der Waals surface area contributed by atoms with Crippen molar-refractivity contribution < 1.29 is 19.4 Å². The van der Waals surface area contributed by atoms with Crippen LogP contribution >= 0.6 is 0 Å². The Hall–Kier alpha value is -2.91. The number of carbonyl (C=O) groups is 1. The Labute approximate surface area is 183 Å². The number of ether oxygens (including phenoxy) is 2. The maximum Gasteiger partial charge on any atom is 0.327 e. The van der Waals surface area contributed by atoms with E-state index in [-0.39, 0.29) is 12.1 Å². The standard InChI is InChI=1S/C22H33N5O4/c1-6-31-18-10-8-17(9-11-18)27(21(28)24-13-7-15-30-5)19-12-14-23-20(26-19)25-16(2)22(3,4)29/h8-12,14,16,29H,6-7,13,15H2,1-5H3,(H,24,28)(H,23,25,26). The average Bonchev–Trinajstić information content (AvgIpc) is 2.72. The first kappa shape index (κ1) is 24.4. The highest BCUT2D eigenvalue weighted by atomic mass is 16.5. The fourth-order valence-corrected chi connectivity index (χ4v) is 2.62. The number of hydrogen-bond acceptors (Lipinski definition) is 7. The summed E-state index contributed by atoms with van der Waals surface area (Å²) in [5.41, 5.74) is -0.333. The summed E-state index contributed by atoms with van der Waals surface area (Å²) in [6, 6.07) is 8.25. The summed E-state index contributed by atoms with van der Waals surface area (Å²) in [6.45, 7) is 8.73. The van der Waals surface area contributed by atoms with Gasteiger partial charge in [-0.05, 0) is 58.4 Å². The maximum atomic E-state index is 13.0. The third-order valence-electron chi connectivity index (χ3n) is 4.69. The molecule has 1 unspecified atom stereocenters. The predicted octanol–water partition coefficient (Wildman–Crippen LogP) is 3.33. The number of rotatable bonds is 11. The van der Waals surface area contributed by atoms with Gasteiger partial charge in [-0.15, -0.1) is 0 Å². The van der Waals surface area contributed by atoms with Crippen LogP contribution in [0.2, 0.25) is 0 Å². The fraction of sp³-hybridized carbons (Fsp3) is 0.500. The number of methoxy groups -OCH3 is 1. The van der Waals surface area contributed by atoms with E-state index in [1.54, 1.807) is 57.5 Å². The van der Waals surface area contributed by atoms with Gasteiger partial charge in [0.15, 0.2) is 0 Å². The lowest BCUT2D eigenvalue weighted by Crippen LogP contribution is -2.40. The van der Waals surface area contributed by atoms with Crippen LogP contribution < -0.4 is 20.3 Å². The Morgan fingerprint density at radius 3 is 2.58 bits per heavy atom. The Kier molecular flexibility index (Phi) is 9.02. The maximum absolute atomic E-state index is 13.0. The molecule has 2 rings (SSSR count). The molecule has 0 spiro atoms. The lowest BCUT2D eigenvalue weighted by molar-refractivity contribution is 0.0646. The van der Waals surface area contributed by atoms with Gasteiger partial charge in [0.2, 0.25) is 5.95 Å². The molecule has 1 atom stereocenters. The van der Waals surface area contributed by atoms with Crippen LogP contribution in [0.4, 0.5) is 22.2 Å². The monoisotopic (exact) mass is 431 g/mol. The number of aliphatic hydroxyl groups is 1. The third-order valence-corrected chi connectivity index (χ3v) is 4.69. The molecule has 9 nitrogen and oxygen atoms in total. The summed E-state index contributed by atoms with van der Waals surface area (Å²) in [5.74, 6) is 1.43. The summed E-state index contributed by atoms with van der Waals surface area (Å²) in [7, 11) is 1.62. The van der Waals surface area contributed by atoms with Gasteiger partial charge in [-0.1, -0.05) is 0 Å². The first-order valence-corrected chi connectivity index (χ1v) is 10.4. The Morgan fingerprint density at radius 1 is 1.26 bits per heavy atom. The van der Waals surface area contributed by atoms with Gasteiger partial charge in [-0.3, -0.25) is 0 Å². The zero-order valence-corrected chi connectivity index (χ0v) is 18.9. The minimum atomic E-state index is -0.965. The minimum absolute atomic E-state index is 0.301. The van der Waals surface area contributed by atoms with Crippen molar-refractivity contribution in [2.75, 3.05) is 37.1 Å². The van der Waals surface area contributed by atoms with Crippen molar-refractivity contribution in [3.63, 3.8) is 0 Å². The van der Waals surface area contributed by atoms with Gasteiger partial charge in [-0.2, -0.15) is 4.98 Å². The van der Waals surface area contributed by atoms with E-state index in [2.05, 4.69) is 20.6 Å². The van der Waals surface area contributed by atoms with Crippen LogP contribution in [-0.2, 0) is 4.74 Å². The quantitative estimate of drug-likeness (QED) is 0.468. The second kappa shape index (κ2) is 11.5. The van der Waals surface area contributed by atoms with Crippen molar-refractivity contribution in [2.24, 2.45) is 0 Å². The number of carbonyl (C=O) groups excluding carboxylic acids is 1. The number of amides is 2. The Balaban J connectivity index is 2.31. The summed E-state index contributed by atoms with van der Waals surface area (Å²) in [6.07, 6.45) is 2.26. The van der Waals surface area contributed by atoms with Gasteiger partial charge in [0.1, 0.15) is 11.6 Å². The molecule has 0 aliphatic heterocycles. The van der Waals surface area contributed by atoms with Crippen molar-refractivity contribution >= 4 is 23.5 Å². The summed E-state index contributed by atoms with van der Waals surface area (Å²) >= 11 is 0. The van der Waals surface area contributed by atoms with Crippen molar-refractivity contribution in [2.45, 2.75) is 45.8 Å². The first-order valence-electron chi connectivity index (χ1n) is 10.4. The van der Waals surface area contributed by atoms with Crippen LogP contribution in [-0.4, -0.2) is 59.6 Å². The highest BCUT2D eigenvalue weighted by molar-refractivity contribution is 5.98. The molecule has 0 fully saturated rings. The summed E-state index contributed by atoms with van der Waals surface area (Å²) < 4.78 is 10.5. The molecule has 1 aromatic carbocycles. The molecular formula is C22H33N5O4. The molecular weight excluding hydrogens is 398 g/mol. The Bertz CT molecular complexity index is 823. The lowest BCUT2D eigenvalue weighted by Gasteiger charge is -2.27. The topological polar surface area (TPSA) is 109 Å². The molecule has 170 valence electrons. The van der Waals surface area contributed by atoms with E-state index in [4.69, 9.17) is 9.47 Å². The number of hydrogen-bond donors (Lipinski definition) is 3. The average molecular weight is 432 g/mol. The number of nitrogens with one attached hydrogen (secondary N) is 2. The minimum Gasteiger partial charge on any atom is -0.494 e. The zero-order chi connectivity index (χ0) is 22.9. The summed E-state index contributed by atoms with van der Waals surface area (Å²) in [4.78, 5) is 23.2. The molecule has 9 heteroatoms. The number of nitrogens with zero attached hydrogens (tertiary/aromatic N) is 3. The fourth-order valence-electron chi connectivity index (χ4n) is 2.62. The molecule has 2 aromatic rings. The number of aromatic nitrogens is 2. The Morgan fingerprint density at radius 2 is 1.97 bits per heavy atom. The molecule has 0 aliphatic rings. The van der Waals surface area contributed by atoms with E-state index < -0.39 is 5.60 Å². The molecule has 31 heavy (non-hydrogen) atoms. The first-order chi connectivity index (χ1) is 14.8. The van der Waals surface area contributed by atoms with Crippen LogP contribution in [0.3, 0.4) is 0 Å². The molecule has 1 aromatic heterocycles. The van der Waals surface area contributed by atoms with Gasteiger partial charge >= 0.3 is 6.03 Å². The van der Waals surface area contributed by atoms with Crippen LogP contribution in [0.15, 0.2) is 36.5 Å². The van der Waals surface area contributed by atoms with E-state index in [0.29, 0.717) is 43.6 Å². The van der Waals surface area contributed by atoms with Crippen LogP contribution in [0.5, 0.6) is 5.75 Å². The molecule has 0 radical (unpaired) electrons. The van der Waals surface area contributed by atoms with E-state index >= 15 is 0 Å². The van der Waals surface area contributed by atoms with Gasteiger partial charge < -0.3 is 25.2 Å². The zero-order valence-electron chi connectivity index (χ0n) is 18.9. The van der Waals surface area contributed by atoms with Gasteiger partial charge in [0.25, 0.3) is 0 Å².